The molecule has 1 aromatic rings. The van der Waals surface area contributed by atoms with Gasteiger partial charge < -0.3 is 5.32 Å². The monoisotopic (exact) mass is 223 g/mol. The first-order valence-corrected chi connectivity index (χ1v) is 6.61. The molecule has 0 aliphatic carbocycles. The summed E-state index contributed by atoms with van der Waals surface area (Å²) in [7, 11) is 0. The Morgan fingerprint density at radius 3 is 3.00 bits per heavy atom. The van der Waals surface area contributed by atoms with Gasteiger partial charge in [-0.15, -0.1) is 11.3 Å². The van der Waals surface area contributed by atoms with Gasteiger partial charge >= 0.3 is 0 Å². The van der Waals surface area contributed by atoms with E-state index >= 15 is 0 Å². The maximum absolute atomic E-state index is 3.60. The summed E-state index contributed by atoms with van der Waals surface area (Å²) < 4.78 is 0. The van der Waals surface area contributed by atoms with Crippen LogP contribution in [0, 0.1) is 0 Å². The molecule has 0 saturated carbocycles. The Morgan fingerprint density at radius 2 is 2.40 bits per heavy atom. The highest BCUT2D eigenvalue weighted by Gasteiger charge is 2.06. The van der Waals surface area contributed by atoms with Gasteiger partial charge in [-0.05, 0) is 44.2 Å². The molecule has 1 aromatic heterocycles. The van der Waals surface area contributed by atoms with Gasteiger partial charge in [-0.25, -0.2) is 0 Å². The van der Waals surface area contributed by atoms with Crippen LogP contribution >= 0.6 is 11.3 Å². The van der Waals surface area contributed by atoms with Crippen LogP contribution in [0.5, 0.6) is 0 Å². The molecule has 0 aromatic carbocycles. The molecule has 0 amide bonds. The maximum Gasteiger partial charge on any atom is 0.0113 e. The Kier molecular flexibility index (Phi) is 6.37. The van der Waals surface area contributed by atoms with Crippen molar-refractivity contribution in [1.82, 2.24) is 5.32 Å². The summed E-state index contributed by atoms with van der Waals surface area (Å²) in [6.45, 7) is 5.41. The third-order valence-electron chi connectivity index (χ3n) is 2.50. The van der Waals surface area contributed by atoms with E-state index in [1.54, 1.807) is 0 Å². The third kappa shape index (κ3) is 5.14. The number of thiophene rings is 1. The van der Waals surface area contributed by atoms with E-state index in [2.05, 4.69) is 48.8 Å². The average molecular weight is 223 g/mol. The second-order valence-electron chi connectivity index (χ2n) is 3.70. The molecule has 0 fully saturated rings. The summed E-state index contributed by atoms with van der Waals surface area (Å²) in [5.41, 5.74) is 0. The normalized spacial score (nSPS) is 13.5. The van der Waals surface area contributed by atoms with E-state index in [0.717, 1.165) is 13.0 Å². The summed E-state index contributed by atoms with van der Waals surface area (Å²) >= 11 is 1.86. The molecule has 1 heterocycles. The van der Waals surface area contributed by atoms with E-state index in [1.165, 1.54) is 17.7 Å². The lowest BCUT2D eigenvalue weighted by Gasteiger charge is -2.15. The number of rotatable bonds is 7. The van der Waals surface area contributed by atoms with Crippen LogP contribution < -0.4 is 5.32 Å². The van der Waals surface area contributed by atoms with E-state index < -0.39 is 0 Å². The van der Waals surface area contributed by atoms with Crippen molar-refractivity contribution >= 4 is 11.3 Å². The molecule has 0 radical (unpaired) electrons. The Bertz CT molecular complexity index is 264. The van der Waals surface area contributed by atoms with Crippen molar-refractivity contribution in [1.29, 1.82) is 0 Å². The number of hydrogen-bond acceptors (Lipinski definition) is 2. The average Bonchev–Trinajstić information content (AvgIpc) is 2.75. The number of allylic oxidation sites excluding steroid dienone is 1. The standard InChI is InChI=1S/C13H21NS/c1-3-5-6-9-14-12(4-2)11-13-8-7-10-15-13/h3,5,7-8,10,12,14H,4,6,9,11H2,1-2H3/b5-3+. The van der Waals surface area contributed by atoms with Crippen LogP contribution in [0.1, 0.15) is 31.6 Å². The third-order valence-corrected chi connectivity index (χ3v) is 3.40. The zero-order chi connectivity index (χ0) is 10.9. The van der Waals surface area contributed by atoms with E-state index in [9.17, 15) is 0 Å². The van der Waals surface area contributed by atoms with Crippen LogP contribution in [0.4, 0.5) is 0 Å². The minimum absolute atomic E-state index is 0.633. The Morgan fingerprint density at radius 1 is 1.53 bits per heavy atom. The minimum atomic E-state index is 0.633. The summed E-state index contributed by atoms with van der Waals surface area (Å²) in [6.07, 6.45) is 7.84. The van der Waals surface area contributed by atoms with E-state index in [0.29, 0.717) is 6.04 Å². The predicted molar refractivity (Wildman–Crippen MR) is 69.5 cm³/mol. The van der Waals surface area contributed by atoms with Crippen LogP contribution in [0.3, 0.4) is 0 Å². The zero-order valence-electron chi connectivity index (χ0n) is 9.70. The van der Waals surface area contributed by atoms with Crippen LogP contribution in [0.25, 0.3) is 0 Å². The van der Waals surface area contributed by atoms with Crippen molar-refractivity contribution in [2.75, 3.05) is 6.54 Å². The predicted octanol–water partition coefficient (Wildman–Crippen LogP) is 3.63. The molecule has 1 atom stereocenters. The zero-order valence-corrected chi connectivity index (χ0v) is 10.5. The first kappa shape index (κ1) is 12.5. The molecule has 1 rings (SSSR count). The second kappa shape index (κ2) is 7.66. The minimum Gasteiger partial charge on any atom is -0.313 e. The number of hydrogen-bond donors (Lipinski definition) is 1. The molecule has 0 spiro atoms. The van der Waals surface area contributed by atoms with Crippen LogP contribution in [-0.4, -0.2) is 12.6 Å². The molecule has 1 N–H and O–H groups in total. The van der Waals surface area contributed by atoms with Gasteiger partial charge in [0.2, 0.25) is 0 Å². The Hall–Kier alpha value is -0.600. The van der Waals surface area contributed by atoms with Gasteiger partial charge in [0.15, 0.2) is 0 Å². The van der Waals surface area contributed by atoms with Gasteiger partial charge in [-0.1, -0.05) is 25.1 Å². The first-order valence-electron chi connectivity index (χ1n) is 5.73. The molecule has 0 bridgehead atoms. The molecule has 0 aliphatic rings. The molecule has 15 heavy (non-hydrogen) atoms. The second-order valence-corrected chi connectivity index (χ2v) is 4.73. The summed E-state index contributed by atoms with van der Waals surface area (Å²) in [5, 5.41) is 5.75. The van der Waals surface area contributed by atoms with Crippen LogP contribution in [0.2, 0.25) is 0 Å². The summed E-state index contributed by atoms with van der Waals surface area (Å²) in [6, 6.07) is 4.99. The van der Waals surface area contributed by atoms with Gasteiger partial charge in [-0.2, -0.15) is 0 Å². The molecular weight excluding hydrogens is 202 g/mol. The van der Waals surface area contributed by atoms with Gasteiger partial charge in [0.05, 0.1) is 0 Å². The Labute approximate surface area is 97.2 Å². The molecule has 1 unspecified atom stereocenters. The van der Waals surface area contributed by atoms with Crippen molar-refractivity contribution in [3.63, 3.8) is 0 Å². The summed E-state index contributed by atoms with van der Waals surface area (Å²) in [4.78, 5) is 1.49. The highest BCUT2D eigenvalue weighted by Crippen LogP contribution is 2.12. The smallest absolute Gasteiger partial charge is 0.0113 e. The molecule has 0 aliphatic heterocycles. The van der Waals surface area contributed by atoms with Crippen LogP contribution in [0.15, 0.2) is 29.7 Å². The Balaban J connectivity index is 2.24. The van der Waals surface area contributed by atoms with E-state index in [4.69, 9.17) is 0 Å². The van der Waals surface area contributed by atoms with Gasteiger partial charge in [0.25, 0.3) is 0 Å². The van der Waals surface area contributed by atoms with Crippen LogP contribution in [-0.2, 0) is 6.42 Å². The lowest BCUT2D eigenvalue weighted by molar-refractivity contribution is 0.503. The van der Waals surface area contributed by atoms with Crippen molar-refractivity contribution in [2.45, 2.75) is 39.2 Å². The van der Waals surface area contributed by atoms with Crippen molar-refractivity contribution < 1.29 is 0 Å². The van der Waals surface area contributed by atoms with Crippen molar-refractivity contribution in [3.8, 4) is 0 Å². The highest BCUT2D eigenvalue weighted by molar-refractivity contribution is 7.09. The van der Waals surface area contributed by atoms with Gasteiger partial charge in [0, 0.05) is 10.9 Å². The van der Waals surface area contributed by atoms with Gasteiger partial charge in [0.1, 0.15) is 0 Å². The molecule has 1 nitrogen and oxygen atoms in total. The van der Waals surface area contributed by atoms with Gasteiger partial charge in [-0.3, -0.25) is 0 Å². The highest BCUT2D eigenvalue weighted by atomic mass is 32.1. The lowest BCUT2D eigenvalue weighted by atomic mass is 10.1. The van der Waals surface area contributed by atoms with E-state index in [1.807, 2.05) is 11.3 Å². The fraction of sp³-hybridized carbons (Fsp3) is 0.538. The largest absolute Gasteiger partial charge is 0.313 e. The summed E-state index contributed by atoms with van der Waals surface area (Å²) in [5.74, 6) is 0. The molecule has 2 heteroatoms. The molecular formula is C13H21NS. The quantitative estimate of drug-likeness (QED) is 0.550. The molecule has 0 saturated heterocycles. The SMILES string of the molecule is C/C=C/CCNC(CC)Cc1cccs1. The van der Waals surface area contributed by atoms with E-state index in [-0.39, 0.29) is 0 Å². The first-order chi connectivity index (χ1) is 7.36. The fourth-order valence-electron chi connectivity index (χ4n) is 1.57. The lowest BCUT2D eigenvalue weighted by Crippen LogP contribution is -2.30. The fourth-order valence-corrected chi connectivity index (χ4v) is 2.36. The maximum atomic E-state index is 3.60. The topological polar surface area (TPSA) is 12.0 Å². The van der Waals surface area contributed by atoms with Crippen molar-refractivity contribution in [3.05, 3.63) is 34.5 Å². The number of nitrogens with one attached hydrogen (secondary N) is 1. The molecule has 84 valence electrons. The van der Waals surface area contributed by atoms with Crippen molar-refractivity contribution in [2.24, 2.45) is 0 Å².